The van der Waals surface area contributed by atoms with E-state index < -0.39 is 13.4 Å². The zero-order valence-electron chi connectivity index (χ0n) is 16.2. The molecule has 0 fully saturated rings. The fourth-order valence-electron chi connectivity index (χ4n) is 3.13. The summed E-state index contributed by atoms with van der Waals surface area (Å²) >= 11 is 0. The van der Waals surface area contributed by atoms with Crippen molar-refractivity contribution >= 4 is 19.0 Å². The van der Waals surface area contributed by atoms with Gasteiger partial charge in [-0.1, -0.05) is 48.5 Å². The van der Waals surface area contributed by atoms with Gasteiger partial charge in [0.15, 0.2) is 5.78 Å². The Hall–Kier alpha value is -2.59. The quantitative estimate of drug-likeness (QED) is 0.435. The Morgan fingerprint density at radius 2 is 1.18 bits per heavy atom. The molecule has 0 radical (unpaired) electrons. The molecule has 146 valence electrons. The molecule has 0 aromatic heterocycles. The van der Waals surface area contributed by atoms with E-state index in [2.05, 4.69) is 0 Å². The van der Waals surface area contributed by atoms with Crippen LogP contribution in [0.4, 0.5) is 11.4 Å². The minimum Gasteiger partial charge on any atom is -0.497 e. The second-order valence-electron chi connectivity index (χ2n) is 6.09. The van der Waals surface area contributed by atoms with Gasteiger partial charge in [-0.3, -0.25) is 4.57 Å². The van der Waals surface area contributed by atoms with Crippen molar-refractivity contribution in [2.75, 3.05) is 26.2 Å². The molecule has 5 nitrogen and oxygen atoms in total. The Bertz CT molecular complexity index is 869. The molecule has 1 unspecified atom stereocenters. The normalized spacial score (nSPS) is 12.4. The summed E-state index contributed by atoms with van der Waals surface area (Å²) in [6.45, 7) is 0. The minimum atomic E-state index is -3.54. The van der Waals surface area contributed by atoms with Gasteiger partial charge in [0.2, 0.25) is 0 Å². The van der Waals surface area contributed by atoms with Crippen molar-refractivity contribution in [2.45, 2.75) is 5.78 Å². The van der Waals surface area contributed by atoms with Gasteiger partial charge >= 0.3 is 7.60 Å². The van der Waals surface area contributed by atoms with E-state index in [1.54, 1.807) is 7.11 Å². The molecule has 3 aromatic carbocycles. The van der Waals surface area contributed by atoms with Crippen LogP contribution in [0.1, 0.15) is 11.3 Å². The number of benzene rings is 3. The zero-order valence-corrected chi connectivity index (χ0v) is 17.1. The first-order chi connectivity index (χ1) is 13.6. The summed E-state index contributed by atoms with van der Waals surface area (Å²) in [5, 5.41) is 0. The monoisotopic (exact) mass is 397 g/mol. The Balaban J connectivity index is 2.23. The summed E-state index contributed by atoms with van der Waals surface area (Å²) in [6.07, 6.45) is 0. The highest BCUT2D eigenvalue weighted by Gasteiger charge is 2.41. The molecule has 1 atom stereocenters. The molecule has 0 amide bonds. The van der Waals surface area contributed by atoms with Crippen LogP contribution in [-0.2, 0) is 13.6 Å². The summed E-state index contributed by atoms with van der Waals surface area (Å²) in [5.74, 6) is 0.0383. The zero-order chi connectivity index (χ0) is 20.0. The molecular formula is C22H24NO4P. The average Bonchev–Trinajstić information content (AvgIpc) is 2.78. The van der Waals surface area contributed by atoms with Gasteiger partial charge in [0, 0.05) is 25.6 Å². The molecule has 0 aliphatic rings. The van der Waals surface area contributed by atoms with Crippen LogP contribution in [0.3, 0.4) is 0 Å². The predicted molar refractivity (Wildman–Crippen MR) is 112 cm³/mol. The van der Waals surface area contributed by atoms with E-state index in [0.717, 1.165) is 22.7 Å². The second kappa shape index (κ2) is 9.07. The van der Waals surface area contributed by atoms with Crippen LogP contribution in [0.5, 0.6) is 5.75 Å². The van der Waals surface area contributed by atoms with Gasteiger partial charge in [-0.25, -0.2) is 0 Å². The highest BCUT2D eigenvalue weighted by molar-refractivity contribution is 7.54. The van der Waals surface area contributed by atoms with Crippen molar-refractivity contribution in [2.24, 2.45) is 0 Å². The number of nitrogens with zero attached hydrogens (tertiary/aromatic N) is 1. The Morgan fingerprint density at radius 3 is 1.57 bits per heavy atom. The third-order valence-corrected chi connectivity index (χ3v) is 6.68. The number of methoxy groups -OCH3 is 1. The number of ether oxygens (including phenoxy) is 1. The number of para-hydroxylation sites is 2. The fourth-order valence-corrected chi connectivity index (χ4v) is 4.77. The standard InChI is InChI=1S/C22H24NO4P/c1-25-21-16-14-18(15-17-21)22(28(24,26-2)27-3)23(19-10-6-4-7-11-19)20-12-8-5-9-13-20/h4-17,22H,1-3H3. The predicted octanol–water partition coefficient (Wildman–Crippen LogP) is 6.02. The molecule has 0 spiro atoms. The van der Waals surface area contributed by atoms with Gasteiger partial charge in [-0.15, -0.1) is 0 Å². The molecule has 28 heavy (non-hydrogen) atoms. The van der Waals surface area contributed by atoms with E-state index in [1.165, 1.54) is 14.2 Å². The molecule has 0 bridgehead atoms. The maximum absolute atomic E-state index is 13.7. The molecule has 0 heterocycles. The third kappa shape index (κ3) is 4.12. The number of hydrogen-bond acceptors (Lipinski definition) is 5. The number of rotatable bonds is 8. The lowest BCUT2D eigenvalue weighted by atomic mass is 10.1. The summed E-state index contributed by atoms with van der Waals surface area (Å²) in [4.78, 5) is 1.98. The van der Waals surface area contributed by atoms with Crippen LogP contribution in [0.15, 0.2) is 84.9 Å². The fraction of sp³-hybridized carbons (Fsp3) is 0.182. The van der Waals surface area contributed by atoms with Crippen molar-refractivity contribution < 1.29 is 18.3 Å². The Morgan fingerprint density at radius 1 is 0.714 bits per heavy atom. The van der Waals surface area contributed by atoms with Gasteiger partial charge in [-0.05, 0) is 42.0 Å². The summed E-state index contributed by atoms with van der Waals surface area (Å²) in [7, 11) is 0.898. The molecule has 0 saturated carbocycles. The molecule has 0 saturated heterocycles. The summed E-state index contributed by atoms with van der Waals surface area (Å²) in [6, 6.07) is 27.0. The van der Waals surface area contributed by atoms with Crippen LogP contribution >= 0.6 is 7.60 Å². The largest absolute Gasteiger partial charge is 0.497 e. The first-order valence-corrected chi connectivity index (χ1v) is 10.5. The second-order valence-corrected chi connectivity index (χ2v) is 8.39. The Kier molecular flexibility index (Phi) is 6.53. The van der Waals surface area contributed by atoms with E-state index >= 15 is 0 Å². The lowest BCUT2D eigenvalue weighted by Gasteiger charge is -2.36. The molecular weight excluding hydrogens is 373 g/mol. The highest BCUT2D eigenvalue weighted by Crippen LogP contribution is 2.63. The lowest BCUT2D eigenvalue weighted by molar-refractivity contribution is 0.266. The van der Waals surface area contributed by atoms with E-state index in [-0.39, 0.29) is 0 Å². The first kappa shape index (κ1) is 20.2. The molecule has 3 aromatic rings. The minimum absolute atomic E-state index is 0.682. The van der Waals surface area contributed by atoms with Crippen LogP contribution in [0.25, 0.3) is 0 Å². The molecule has 0 aliphatic carbocycles. The topological polar surface area (TPSA) is 48.0 Å². The van der Waals surface area contributed by atoms with Crippen LogP contribution in [0.2, 0.25) is 0 Å². The van der Waals surface area contributed by atoms with Crippen LogP contribution in [0, 0.1) is 0 Å². The van der Waals surface area contributed by atoms with Crippen molar-refractivity contribution in [3.05, 3.63) is 90.5 Å². The Labute approximate surface area is 166 Å². The van der Waals surface area contributed by atoms with Crippen LogP contribution < -0.4 is 9.64 Å². The van der Waals surface area contributed by atoms with Gasteiger partial charge in [0.25, 0.3) is 0 Å². The van der Waals surface area contributed by atoms with Crippen molar-refractivity contribution in [1.82, 2.24) is 0 Å². The van der Waals surface area contributed by atoms with Gasteiger partial charge in [0.05, 0.1) is 7.11 Å². The SMILES string of the molecule is COc1ccc(C(N(c2ccccc2)c2ccccc2)P(=O)(OC)OC)cc1. The molecule has 0 N–H and O–H groups in total. The lowest BCUT2D eigenvalue weighted by Crippen LogP contribution is -2.25. The maximum Gasteiger partial charge on any atom is 0.357 e. The van der Waals surface area contributed by atoms with Crippen LogP contribution in [-0.4, -0.2) is 21.3 Å². The maximum atomic E-state index is 13.7. The average molecular weight is 397 g/mol. The third-order valence-electron chi connectivity index (χ3n) is 4.54. The number of anilines is 2. The molecule has 6 heteroatoms. The van der Waals surface area contributed by atoms with Crippen molar-refractivity contribution in [1.29, 1.82) is 0 Å². The van der Waals surface area contributed by atoms with Gasteiger partial charge in [0.1, 0.15) is 5.75 Å². The van der Waals surface area contributed by atoms with E-state index in [0.29, 0.717) is 0 Å². The van der Waals surface area contributed by atoms with E-state index in [1.807, 2.05) is 89.8 Å². The van der Waals surface area contributed by atoms with Crippen molar-refractivity contribution in [3.8, 4) is 5.75 Å². The number of hydrogen-bond donors (Lipinski definition) is 0. The molecule has 0 aliphatic heterocycles. The summed E-state index contributed by atoms with van der Waals surface area (Å²) < 4.78 is 29.8. The first-order valence-electron chi connectivity index (χ1n) is 8.87. The summed E-state index contributed by atoms with van der Waals surface area (Å²) in [5.41, 5.74) is 2.55. The van der Waals surface area contributed by atoms with Gasteiger partial charge in [-0.2, -0.15) is 0 Å². The smallest absolute Gasteiger partial charge is 0.357 e. The van der Waals surface area contributed by atoms with E-state index in [4.69, 9.17) is 13.8 Å². The highest BCUT2D eigenvalue weighted by atomic mass is 31.2. The van der Waals surface area contributed by atoms with Crippen molar-refractivity contribution in [3.63, 3.8) is 0 Å². The van der Waals surface area contributed by atoms with Gasteiger partial charge < -0.3 is 18.7 Å². The molecule has 3 rings (SSSR count). The van der Waals surface area contributed by atoms with E-state index in [9.17, 15) is 4.57 Å².